The van der Waals surface area contributed by atoms with Crippen molar-refractivity contribution in [2.24, 2.45) is 0 Å². The van der Waals surface area contributed by atoms with Gasteiger partial charge >= 0.3 is 0 Å². The molecule has 96 valence electrons. The number of nitrogens with one attached hydrogen (secondary N) is 2. The summed E-state index contributed by atoms with van der Waals surface area (Å²) in [5.74, 6) is 0.284. The summed E-state index contributed by atoms with van der Waals surface area (Å²) >= 11 is 0. The highest BCUT2D eigenvalue weighted by molar-refractivity contribution is 5.80. The minimum absolute atomic E-state index is 0.284. The average molecular weight is 246 g/mol. The molecule has 1 aliphatic carbocycles. The lowest BCUT2D eigenvalue weighted by Crippen LogP contribution is -2.35. The number of H-pyrrole nitrogens is 1. The van der Waals surface area contributed by atoms with Crippen LogP contribution in [0.5, 0.6) is 0 Å². The van der Waals surface area contributed by atoms with Crippen LogP contribution in [0.2, 0.25) is 0 Å². The molecule has 1 aromatic rings. The van der Waals surface area contributed by atoms with Crippen LogP contribution in [0, 0.1) is 0 Å². The van der Waals surface area contributed by atoms with Gasteiger partial charge in [-0.1, -0.05) is 0 Å². The Morgan fingerprint density at radius 3 is 3.28 bits per heavy atom. The highest BCUT2D eigenvalue weighted by Crippen LogP contribution is 2.30. The normalized spacial score (nSPS) is 30.0. The summed E-state index contributed by atoms with van der Waals surface area (Å²) in [7, 11) is 0. The Balaban J connectivity index is 1.58. The molecule has 2 atom stereocenters. The summed E-state index contributed by atoms with van der Waals surface area (Å²) in [5, 5.41) is 11.0. The molecule has 2 saturated heterocycles. The highest BCUT2D eigenvalue weighted by atomic mass is 16.2. The molecule has 3 aliphatic rings. The maximum atomic E-state index is 12.1. The van der Waals surface area contributed by atoms with E-state index in [4.69, 9.17) is 0 Å². The van der Waals surface area contributed by atoms with Crippen LogP contribution in [0.25, 0.3) is 0 Å². The number of amides is 1. The van der Waals surface area contributed by atoms with Gasteiger partial charge in [0.25, 0.3) is 0 Å². The first kappa shape index (κ1) is 10.6. The Hall–Kier alpha value is -1.36. The highest BCUT2D eigenvalue weighted by Gasteiger charge is 2.42. The topological polar surface area (TPSA) is 61.0 Å². The van der Waals surface area contributed by atoms with Gasteiger partial charge in [0.15, 0.2) is 0 Å². The number of likely N-dealkylation sites (tertiary alicyclic amines) is 1. The minimum Gasteiger partial charge on any atom is -0.332 e. The van der Waals surface area contributed by atoms with Gasteiger partial charge in [-0.05, 0) is 37.8 Å². The standard InChI is InChI=1S/C13H18N4O/c18-13-6-10-12(4-5-14-10)17(13)7-11-8-2-1-3-9(8)15-16-11/h10,12,14H,1-7H2,(H,15,16)/t10-,12-/m1/s1. The first-order valence-corrected chi connectivity index (χ1v) is 6.91. The van der Waals surface area contributed by atoms with E-state index < -0.39 is 0 Å². The summed E-state index contributed by atoms with van der Waals surface area (Å²) in [4.78, 5) is 14.1. The second-order valence-electron chi connectivity index (χ2n) is 5.62. The Labute approximate surface area is 106 Å². The molecule has 1 amide bonds. The fraction of sp³-hybridized carbons (Fsp3) is 0.692. The smallest absolute Gasteiger partial charge is 0.224 e. The van der Waals surface area contributed by atoms with Crippen molar-refractivity contribution in [1.82, 2.24) is 20.4 Å². The third-order valence-electron chi connectivity index (χ3n) is 4.64. The van der Waals surface area contributed by atoms with Gasteiger partial charge in [0, 0.05) is 24.2 Å². The Bertz CT molecular complexity index is 495. The van der Waals surface area contributed by atoms with Crippen LogP contribution in [0.3, 0.4) is 0 Å². The van der Waals surface area contributed by atoms with Crippen LogP contribution in [-0.4, -0.2) is 39.6 Å². The van der Waals surface area contributed by atoms with Crippen LogP contribution in [0.1, 0.15) is 36.2 Å². The van der Waals surface area contributed by atoms with Gasteiger partial charge < -0.3 is 10.2 Å². The molecule has 5 heteroatoms. The van der Waals surface area contributed by atoms with Crippen molar-refractivity contribution in [3.8, 4) is 0 Å². The van der Waals surface area contributed by atoms with Gasteiger partial charge in [0.2, 0.25) is 5.91 Å². The van der Waals surface area contributed by atoms with Crippen molar-refractivity contribution in [3.63, 3.8) is 0 Å². The molecule has 0 spiro atoms. The van der Waals surface area contributed by atoms with E-state index in [1.165, 1.54) is 17.7 Å². The molecule has 4 rings (SSSR count). The van der Waals surface area contributed by atoms with Crippen molar-refractivity contribution in [2.75, 3.05) is 6.54 Å². The molecular formula is C13H18N4O. The first-order chi connectivity index (χ1) is 8.83. The SMILES string of the molecule is O=C1C[C@H]2NCC[C@H]2N1Cc1n[nH]c2c1CCC2. The average Bonchev–Trinajstić information content (AvgIpc) is 3.04. The monoisotopic (exact) mass is 246 g/mol. The Kier molecular flexibility index (Phi) is 2.24. The van der Waals surface area contributed by atoms with E-state index >= 15 is 0 Å². The third kappa shape index (κ3) is 1.43. The van der Waals surface area contributed by atoms with Gasteiger partial charge in [-0.25, -0.2) is 0 Å². The van der Waals surface area contributed by atoms with Crippen molar-refractivity contribution >= 4 is 5.91 Å². The number of aromatic nitrogens is 2. The van der Waals surface area contributed by atoms with Gasteiger partial charge in [-0.2, -0.15) is 5.10 Å². The molecule has 18 heavy (non-hydrogen) atoms. The zero-order valence-electron chi connectivity index (χ0n) is 10.4. The summed E-state index contributed by atoms with van der Waals surface area (Å²) in [6, 6.07) is 0.774. The van der Waals surface area contributed by atoms with E-state index in [1.54, 1.807) is 0 Å². The number of rotatable bonds is 2. The number of nitrogens with zero attached hydrogens (tertiary/aromatic N) is 2. The summed E-state index contributed by atoms with van der Waals surface area (Å²) < 4.78 is 0. The minimum atomic E-state index is 0.284. The van der Waals surface area contributed by atoms with Crippen molar-refractivity contribution in [3.05, 3.63) is 17.0 Å². The molecular weight excluding hydrogens is 228 g/mol. The van der Waals surface area contributed by atoms with Crippen molar-refractivity contribution < 1.29 is 4.79 Å². The second-order valence-corrected chi connectivity index (χ2v) is 5.62. The summed E-state index contributed by atoms with van der Waals surface area (Å²) in [6.45, 7) is 1.74. The quantitative estimate of drug-likeness (QED) is 0.792. The number of fused-ring (bicyclic) bond motifs is 2. The molecule has 0 unspecified atom stereocenters. The van der Waals surface area contributed by atoms with Crippen LogP contribution < -0.4 is 5.32 Å². The van der Waals surface area contributed by atoms with Crippen molar-refractivity contribution in [1.29, 1.82) is 0 Å². The molecule has 2 fully saturated rings. The first-order valence-electron chi connectivity index (χ1n) is 6.91. The lowest BCUT2D eigenvalue weighted by Gasteiger charge is -2.22. The van der Waals surface area contributed by atoms with Crippen LogP contribution >= 0.6 is 0 Å². The van der Waals surface area contributed by atoms with E-state index in [0.29, 0.717) is 25.0 Å². The zero-order chi connectivity index (χ0) is 12.1. The molecule has 2 aliphatic heterocycles. The predicted octanol–water partition coefficient (Wildman–Crippen LogP) is 0.361. The lowest BCUT2D eigenvalue weighted by molar-refractivity contribution is -0.129. The van der Waals surface area contributed by atoms with Crippen LogP contribution in [0.4, 0.5) is 0 Å². The van der Waals surface area contributed by atoms with E-state index in [0.717, 1.165) is 31.5 Å². The van der Waals surface area contributed by atoms with Crippen LogP contribution in [-0.2, 0) is 24.2 Å². The van der Waals surface area contributed by atoms with Crippen molar-refractivity contribution in [2.45, 2.75) is 50.7 Å². The maximum absolute atomic E-state index is 12.1. The maximum Gasteiger partial charge on any atom is 0.224 e. The largest absolute Gasteiger partial charge is 0.332 e. The zero-order valence-corrected chi connectivity index (χ0v) is 10.4. The van der Waals surface area contributed by atoms with E-state index in [1.807, 2.05) is 4.90 Å². The predicted molar refractivity (Wildman–Crippen MR) is 66.0 cm³/mol. The number of aromatic amines is 1. The molecule has 0 bridgehead atoms. The van der Waals surface area contributed by atoms with Gasteiger partial charge in [-0.3, -0.25) is 9.89 Å². The fourth-order valence-corrected chi connectivity index (χ4v) is 3.71. The third-order valence-corrected chi connectivity index (χ3v) is 4.64. The number of carbonyl (C=O) groups excluding carboxylic acids is 1. The van der Waals surface area contributed by atoms with Gasteiger partial charge in [-0.15, -0.1) is 0 Å². The molecule has 0 aromatic carbocycles. The lowest BCUT2D eigenvalue weighted by atomic mass is 10.1. The molecule has 2 N–H and O–H groups in total. The molecule has 5 nitrogen and oxygen atoms in total. The Morgan fingerprint density at radius 2 is 2.33 bits per heavy atom. The van der Waals surface area contributed by atoms with E-state index in [-0.39, 0.29) is 5.91 Å². The summed E-state index contributed by atoms with van der Waals surface area (Å²) in [5.41, 5.74) is 3.76. The number of hydrogen-bond donors (Lipinski definition) is 2. The van der Waals surface area contributed by atoms with Gasteiger partial charge in [0.1, 0.15) is 0 Å². The van der Waals surface area contributed by atoms with Gasteiger partial charge in [0.05, 0.1) is 12.2 Å². The van der Waals surface area contributed by atoms with E-state index in [2.05, 4.69) is 15.5 Å². The molecule has 0 saturated carbocycles. The summed E-state index contributed by atoms with van der Waals surface area (Å²) in [6.07, 6.45) is 5.21. The number of aryl methyl sites for hydroxylation is 1. The fourth-order valence-electron chi connectivity index (χ4n) is 3.71. The van der Waals surface area contributed by atoms with E-state index in [9.17, 15) is 4.79 Å². The number of carbonyl (C=O) groups is 1. The molecule has 1 aromatic heterocycles. The Morgan fingerprint density at radius 1 is 1.39 bits per heavy atom. The molecule has 0 radical (unpaired) electrons. The number of hydrogen-bond acceptors (Lipinski definition) is 3. The second kappa shape index (κ2) is 3.82. The van der Waals surface area contributed by atoms with Crippen LogP contribution in [0.15, 0.2) is 0 Å². The molecule has 3 heterocycles.